The summed E-state index contributed by atoms with van der Waals surface area (Å²) in [5.41, 5.74) is 0. The molecule has 0 aromatic heterocycles. The first-order valence-electron chi connectivity index (χ1n) is 2.01. The van der Waals surface area contributed by atoms with Gasteiger partial charge in [-0.25, -0.2) is 0 Å². The maximum absolute atomic E-state index is 10.3. The molecule has 0 rings (SSSR count). The number of hydrogen-bond acceptors (Lipinski definition) is 2. The molecule has 0 aliphatic rings. The first-order valence-corrected chi connectivity index (χ1v) is 2.90. The molecule has 0 aromatic rings. The van der Waals surface area contributed by atoms with Gasteiger partial charge in [-0.15, -0.1) is 31.7 Å². The van der Waals surface area contributed by atoms with Gasteiger partial charge in [0.15, 0.2) is 5.92 Å². The Morgan fingerprint density at radius 2 is 1.67 bits per heavy atom. The molecule has 0 spiro atoms. The number of hydrogen-bond donors (Lipinski definition) is 2. The number of carbonyl (C=O) groups is 2. The van der Waals surface area contributed by atoms with Crippen molar-refractivity contribution in [1.29, 1.82) is 0 Å². The van der Waals surface area contributed by atoms with E-state index < -0.39 is 16.1 Å². The Morgan fingerprint density at radius 1 is 1.33 bits per heavy atom. The van der Waals surface area contributed by atoms with Crippen LogP contribution in [0.15, 0.2) is 0 Å². The van der Waals surface area contributed by atoms with Gasteiger partial charge in [0.1, 0.15) is 0 Å². The molecule has 2 nitrogen and oxygen atoms in total. The summed E-state index contributed by atoms with van der Waals surface area (Å²) >= 11 is 6.72. The average molecular weight is 160 g/mol. The predicted octanol–water partition coefficient (Wildman–Crippen LogP) is 0.149. The van der Waals surface area contributed by atoms with E-state index in [0.29, 0.717) is 0 Å². The quantitative estimate of drug-likeness (QED) is 0.342. The smallest absolute Gasteiger partial charge is 0.209 e. The Bertz CT molecular complexity index is 166. The molecule has 48 valence electrons. The molecule has 0 radical (unpaired) electrons. The van der Waals surface area contributed by atoms with Gasteiger partial charge >= 0.3 is 0 Å². The predicted molar refractivity (Wildman–Crippen MR) is 40.3 cm³/mol. The van der Waals surface area contributed by atoms with E-state index >= 15 is 0 Å². The summed E-state index contributed by atoms with van der Waals surface area (Å²) in [5.74, 6) is 0.849. The molecule has 0 saturated carbocycles. The molecular weight excluding hydrogens is 156 g/mol. The highest BCUT2D eigenvalue weighted by atomic mass is 32.1. The molecule has 0 heterocycles. The van der Waals surface area contributed by atoms with Crippen molar-refractivity contribution in [3.8, 4) is 12.3 Å². The molecule has 0 aromatic carbocycles. The minimum atomic E-state index is -1.10. The maximum atomic E-state index is 10.3. The fraction of sp³-hybridized carbons (Fsp3) is 0.200. The van der Waals surface area contributed by atoms with Crippen LogP contribution in [-0.2, 0) is 9.59 Å². The van der Waals surface area contributed by atoms with E-state index in [0.717, 1.165) is 0 Å². The van der Waals surface area contributed by atoms with Gasteiger partial charge in [0, 0.05) is 0 Å². The molecule has 0 atom stereocenters. The van der Waals surface area contributed by atoms with Crippen molar-refractivity contribution >= 4 is 35.5 Å². The molecular formula is C5H4O2S2. The standard InChI is InChI=1S/C5H4O2S2/c1-2-3(4(6)8)5(7)9/h1,3H,(H,6,8)(H,7,9). The van der Waals surface area contributed by atoms with E-state index in [1.165, 1.54) is 0 Å². The van der Waals surface area contributed by atoms with Crippen molar-refractivity contribution in [2.45, 2.75) is 0 Å². The SMILES string of the molecule is C#CC(C(=O)S)C(=O)S. The summed E-state index contributed by atoms with van der Waals surface area (Å²) in [6.45, 7) is 0. The summed E-state index contributed by atoms with van der Waals surface area (Å²) in [7, 11) is 0. The Labute approximate surface area is 63.8 Å². The van der Waals surface area contributed by atoms with Gasteiger partial charge < -0.3 is 0 Å². The van der Waals surface area contributed by atoms with Gasteiger partial charge in [-0.1, -0.05) is 5.92 Å². The first-order chi connectivity index (χ1) is 4.09. The maximum Gasteiger partial charge on any atom is 0.209 e. The van der Waals surface area contributed by atoms with E-state index in [4.69, 9.17) is 6.42 Å². The summed E-state index contributed by atoms with van der Waals surface area (Å²) < 4.78 is 0. The lowest BCUT2D eigenvalue weighted by molar-refractivity contribution is -0.120. The minimum Gasteiger partial charge on any atom is -0.286 e. The third-order valence-corrected chi connectivity index (χ3v) is 1.18. The Morgan fingerprint density at radius 3 is 1.67 bits per heavy atom. The van der Waals surface area contributed by atoms with Crippen molar-refractivity contribution < 1.29 is 9.59 Å². The molecule has 0 N–H and O–H groups in total. The van der Waals surface area contributed by atoms with E-state index in [9.17, 15) is 9.59 Å². The van der Waals surface area contributed by atoms with Crippen LogP contribution < -0.4 is 0 Å². The second-order valence-corrected chi connectivity index (χ2v) is 2.16. The lowest BCUT2D eigenvalue weighted by Gasteiger charge is -1.95. The van der Waals surface area contributed by atoms with Crippen molar-refractivity contribution in [3.63, 3.8) is 0 Å². The van der Waals surface area contributed by atoms with Gasteiger partial charge in [0.2, 0.25) is 10.2 Å². The van der Waals surface area contributed by atoms with Crippen LogP contribution in [0.25, 0.3) is 0 Å². The zero-order chi connectivity index (χ0) is 7.44. The van der Waals surface area contributed by atoms with E-state index in [1.807, 2.05) is 5.92 Å². The normalized spacial score (nSPS) is 8.67. The Hall–Kier alpha value is -0.400. The van der Waals surface area contributed by atoms with Crippen LogP contribution >= 0.6 is 25.3 Å². The molecule has 0 unspecified atom stereocenters. The average Bonchev–Trinajstić information content (AvgIpc) is 1.64. The lowest BCUT2D eigenvalue weighted by atomic mass is 10.2. The number of terminal acetylenes is 1. The largest absolute Gasteiger partial charge is 0.286 e. The van der Waals surface area contributed by atoms with Crippen molar-refractivity contribution in [2.24, 2.45) is 5.92 Å². The molecule has 4 heteroatoms. The van der Waals surface area contributed by atoms with Crippen molar-refractivity contribution in [2.75, 3.05) is 0 Å². The van der Waals surface area contributed by atoms with Crippen LogP contribution in [0.3, 0.4) is 0 Å². The number of rotatable bonds is 2. The second-order valence-electron chi connectivity index (χ2n) is 1.28. The third-order valence-electron chi connectivity index (χ3n) is 0.661. The van der Waals surface area contributed by atoms with Crippen LogP contribution in [0, 0.1) is 18.3 Å². The summed E-state index contributed by atoms with van der Waals surface area (Å²) in [6, 6.07) is 0. The minimum absolute atomic E-state index is 0.641. The van der Waals surface area contributed by atoms with Gasteiger partial charge in [-0.3, -0.25) is 9.59 Å². The summed E-state index contributed by atoms with van der Waals surface area (Å²) in [4.78, 5) is 20.5. The molecule has 9 heavy (non-hydrogen) atoms. The van der Waals surface area contributed by atoms with E-state index in [2.05, 4.69) is 25.3 Å². The van der Waals surface area contributed by atoms with Gasteiger partial charge in [0.05, 0.1) is 0 Å². The number of carbonyl (C=O) groups excluding carboxylic acids is 2. The van der Waals surface area contributed by atoms with Crippen LogP contribution in [0.5, 0.6) is 0 Å². The lowest BCUT2D eigenvalue weighted by Crippen LogP contribution is -2.13. The summed E-state index contributed by atoms with van der Waals surface area (Å²) in [6.07, 6.45) is 4.79. The molecule has 0 amide bonds. The third kappa shape index (κ3) is 2.59. The molecule has 0 saturated heterocycles. The van der Waals surface area contributed by atoms with Crippen molar-refractivity contribution in [1.82, 2.24) is 0 Å². The zero-order valence-corrected chi connectivity index (χ0v) is 6.15. The van der Waals surface area contributed by atoms with Gasteiger partial charge in [-0.05, 0) is 0 Å². The molecule has 0 aliphatic carbocycles. The van der Waals surface area contributed by atoms with E-state index in [-0.39, 0.29) is 0 Å². The fourth-order valence-corrected chi connectivity index (χ4v) is 0.734. The van der Waals surface area contributed by atoms with Crippen LogP contribution in [0.2, 0.25) is 0 Å². The van der Waals surface area contributed by atoms with Gasteiger partial charge in [0.25, 0.3) is 0 Å². The Balaban J connectivity index is 4.22. The number of thiol groups is 2. The zero-order valence-electron chi connectivity index (χ0n) is 4.37. The van der Waals surface area contributed by atoms with Crippen molar-refractivity contribution in [3.05, 3.63) is 0 Å². The van der Waals surface area contributed by atoms with Crippen LogP contribution in [-0.4, -0.2) is 10.2 Å². The summed E-state index contributed by atoms with van der Waals surface area (Å²) in [5, 5.41) is -1.28. The highest BCUT2D eigenvalue weighted by Gasteiger charge is 2.17. The van der Waals surface area contributed by atoms with Crippen LogP contribution in [0.1, 0.15) is 0 Å². The van der Waals surface area contributed by atoms with Crippen LogP contribution in [0.4, 0.5) is 0 Å². The molecule has 0 fully saturated rings. The Kier molecular flexibility index (Phi) is 3.43. The monoisotopic (exact) mass is 160 g/mol. The topological polar surface area (TPSA) is 34.1 Å². The highest BCUT2D eigenvalue weighted by Crippen LogP contribution is 2.03. The first kappa shape index (κ1) is 8.60. The van der Waals surface area contributed by atoms with E-state index in [1.54, 1.807) is 0 Å². The van der Waals surface area contributed by atoms with Gasteiger partial charge in [-0.2, -0.15) is 0 Å². The fourth-order valence-electron chi connectivity index (χ4n) is 0.248. The molecule has 0 bridgehead atoms. The molecule has 0 aliphatic heterocycles. The highest BCUT2D eigenvalue weighted by molar-refractivity contribution is 7.99. The second kappa shape index (κ2) is 3.59.